The van der Waals surface area contributed by atoms with Crippen LogP contribution in [-0.4, -0.2) is 29.8 Å². The Labute approximate surface area is 110 Å². The molecule has 0 fully saturated rings. The summed E-state index contributed by atoms with van der Waals surface area (Å²) in [4.78, 5) is 4.47. The molecule has 18 heavy (non-hydrogen) atoms. The van der Waals surface area contributed by atoms with E-state index in [2.05, 4.69) is 36.4 Å². The molecule has 0 atom stereocenters. The number of hydrogen-bond donors (Lipinski definition) is 3. The zero-order chi connectivity index (χ0) is 13.4. The number of nitrogens with one attached hydrogen (secondary N) is 2. The third-order valence-corrected chi connectivity index (χ3v) is 2.87. The van der Waals surface area contributed by atoms with Gasteiger partial charge in [0.15, 0.2) is 0 Å². The number of hydrogen-bond acceptors (Lipinski definition) is 4. The van der Waals surface area contributed by atoms with Crippen LogP contribution in [0.4, 0.5) is 11.6 Å². The van der Waals surface area contributed by atoms with Crippen molar-refractivity contribution in [3.63, 3.8) is 0 Å². The quantitative estimate of drug-likeness (QED) is 0.665. The van der Waals surface area contributed by atoms with E-state index in [-0.39, 0.29) is 12.0 Å². The molecule has 0 aromatic carbocycles. The first kappa shape index (κ1) is 14.8. The summed E-state index contributed by atoms with van der Waals surface area (Å²) in [7, 11) is 0. The molecule has 3 N–H and O–H groups in total. The van der Waals surface area contributed by atoms with Gasteiger partial charge in [0.2, 0.25) is 0 Å². The Morgan fingerprint density at radius 1 is 1.22 bits per heavy atom. The maximum absolute atomic E-state index is 8.87. The van der Waals surface area contributed by atoms with Crippen LogP contribution in [0, 0.1) is 5.41 Å². The van der Waals surface area contributed by atoms with Gasteiger partial charge in [0.1, 0.15) is 11.6 Å². The number of nitrogens with zero attached hydrogens (tertiary/aromatic N) is 1. The maximum Gasteiger partial charge on any atom is 0.128 e. The van der Waals surface area contributed by atoms with E-state index in [1.165, 1.54) is 0 Å². The van der Waals surface area contributed by atoms with E-state index in [0.717, 1.165) is 37.6 Å². The smallest absolute Gasteiger partial charge is 0.128 e. The van der Waals surface area contributed by atoms with Crippen molar-refractivity contribution in [3.05, 3.63) is 18.2 Å². The number of aromatic nitrogens is 1. The third kappa shape index (κ3) is 5.36. The van der Waals surface area contributed by atoms with E-state index in [1.807, 2.05) is 18.2 Å². The van der Waals surface area contributed by atoms with Crippen LogP contribution >= 0.6 is 0 Å². The summed E-state index contributed by atoms with van der Waals surface area (Å²) in [6, 6.07) is 5.93. The SMILES string of the molecule is CCNc1cccc(NCC(C)(C)CCCO)n1. The van der Waals surface area contributed by atoms with Gasteiger partial charge < -0.3 is 15.7 Å². The summed E-state index contributed by atoms with van der Waals surface area (Å²) in [5.74, 6) is 1.79. The molecule has 4 heteroatoms. The fourth-order valence-corrected chi connectivity index (χ4v) is 1.79. The summed E-state index contributed by atoms with van der Waals surface area (Å²) in [6.45, 7) is 8.44. The number of aliphatic hydroxyl groups is 1. The summed E-state index contributed by atoms with van der Waals surface area (Å²) < 4.78 is 0. The van der Waals surface area contributed by atoms with E-state index in [9.17, 15) is 0 Å². The lowest BCUT2D eigenvalue weighted by Gasteiger charge is -2.25. The number of pyridine rings is 1. The van der Waals surface area contributed by atoms with Crippen molar-refractivity contribution >= 4 is 11.6 Å². The summed E-state index contributed by atoms with van der Waals surface area (Å²) in [5, 5.41) is 15.4. The van der Waals surface area contributed by atoms with Gasteiger partial charge in [-0.05, 0) is 37.3 Å². The van der Waals surface area contributed by atoms with E-state index in [4.69, 9.17) is 5.11 Å². The second kappa shape index (κ2) is 7.21. The first-order valence-corrected chi connectivity index (χ1v) is 6.63. The summed E-state index contributed by atoms with van der Waals surface area (Å²) in [6.07, 6.45) is 1.85. The van der Waals surface area contributed by atoms with Crippen molar-refractivity contribution in [1.82, 2.24) is 4.98 Å². The van der Waals surface area contributed by atoms with E-state index < -0.39 is 0 Å². The lowest BCUT2D eigenvalue weighted by molar-refractivity contribution is 0.248. The van der Waals surface area contributed by atoms with Gasteiger partial charge in [0.25, 0.3) is 0 Å². The minimum absolute atomic E-state index is 0.165. The van der Waals surface area contributed by atoms with Gasteiger partial charge in [-0.25, -0.2) is 4.98 Å². The van der Waals surface area contributed by atoms with Gasteiger partial charge in [0.05, 0.1) is 0 Å². The normalized spacial score (nSPS) is 11.3. The molecule has 0 saturated heterocycles. The average molecular weight is 251 g/mol. The molecule has 0 bridgehead atoms. The zero-order valence-corrected chi connectivity index (χ0v) is 11.7. The Balaban J connectivity index is 2.49. The predicted octanol–water partition coefficient (Wildman–Crippen LogP) is 2.72. The van der Waals surface area contributed by atoms with Gasteiger partial charge >= 0.3 is 0 Å². The van der Waals surface area contributed by atoms with Crippen molar-refractivity contribution in [2.24, 2.45) is 5.41 Å². The second-order valence-corrected chi connectivity index (χ2v) is 5.28. The molecule has 4 nitrogen and oxygen atoms in total. The van der Waals surface area contributed by atoms with E-state index in [0.29, 0.717) is 0 Å². The first-order valence-electron chi connectivity index (χ1n) is 6.63. The van der Waals surface area contributed by atoms with Gasteiger partial charge in [-0.15, -0.1) is 0 Å². The molecule has 0 aliphatic rings. The maximum atomic E-state index is 8.87. The summed E-state index contributed by atoms with van der Waals surface area (Å²) >= 11 is 0. The van der Waals surface area contributed by atoms with Crippen LogP contribution in [0.2, 0.25) is 0 Å². The topological polar surface area (TPSA) is 57.2 Å². The van der Waals surface area contributed by atoms with Crippen molar-refractivity contribution in [1.29, 1.82) is 0 Å². The van der Waals surface area contributed by atoms with Crippen LogP contribution in [0.15, 0.2) is 18.2 Å². The second-order valence-electron chi connectivity index (χ2n) is 5.28. The van der Waals surface area contributed by atoms with Crippen molar-refractivity contribution < 1.29 is 5.11 Å². The molecule has 1 aromatic heterocycles. The zero-order valence-electron chi connectivity index (χ0n) is 11.7. The Morgan fingerprint density at radius 2 is 1.89 bits per heavy atom. The molecular formula is C14H25N3O. The highest BCUT2D eigenvalue weighted by Crippen LogP contribution is 2.22. The Bertz CT molecular complexity index is 353. The standard InChI is InChI=1S/C14H25N3O/c1-4-15-12-7-5-8-13(17-12)16-11-14(2,3)9-6-10-18/h5,7-8,18H,4,6,9-11H2,1-3H3,(H2,15,16,17). The Kier molecular flexibility index (Phi) is 5.92. The largest absolute Gasteiger partial charge is 0.396 e. The van der Waals surface area contributed by atoms with Crippen LogP contribution in [0.1, 0.15) is 33.6 Å². The summed E-state index contributed by atoms with van der Waals surface area (Å²) in [5.41, 5.74) is 0.165. The van der Waals surface area contributed by atoms with E-state index >= 15 is 0 Å². The highest BCUT2D eigenvalue weighted by Gasteiger charge is 2.17. The molecule has 1 aromatic rings. The molecule has 0 radical (unpaired) electrons. The van der Waals surface area contributed by atoms with Crippen LogP contribution in [0.3, 0.4) is 0 Å². The number of anilines is 2. The fraction of sp³-hybridized carbons (Fsp3) is 0.643. The fourth-order valence-electron chi connectivity index (χ4n) is 1.79. The van der Waals surface area contributed by atoms with Gasteiger partial charge in [-0.1, -0.05) is 19.9 Å². The lowest BCUT2D eigenvalue weighted by Crippen LogP contribution is -2.23. The van der Waals surface area contributed by atoms with Crippen molar-refractivity contribution in [2.45, 2.75) is 33.6 Å². The van der Waals surface area contributed by atoms with Crippen molar-refractivity contribution in [3.8, 4) is 0 Å². The molecule has 102 valence electrons. The molecular weight excluding hydrogens is 226 g/mol. The third-order valence-electron chi connectivity index (χ3n) is 2.87. The minimum atomic E-state index is 0.165. The van der Waals surface area contributed by atoms with Gasteiger partial charge in [0, 0.05) is 19.7 Å². The molecule has 0 spiro atoms. The molecule has 0 aliphatic heterocycles. The number of aliphatic hydroxyl groups excluding tert-OH is 1. The van der Waals surface area contributed by atoms with Gasteiger partial charge in [-0.3, -0.25) is 0 Å². The predicted molar refractivity (Wildman–Crippen MR) is 77.0 cm³/mol. The van der Waals surface area contributed by atoms with Crippen LogP contribution in [0.5, 0.6) is 0 Å². The van der Waals surface area contributed by atoms with Crippen LogP contribution in [0.25, 0.3) is 0 Å². The van der Waals surface area contributed by atoms with E-state index in [1.54, 1.807) is 0 Å². The number of rotatable bonds is 8. The molecule has 1 rings (SSSR count). The molecule has 0 aliphatic carbocycles. The minimum Gasteiger partial charge on any atom is -0.396 e. The molecule has 0 unspecified atom stereocenters. The molecule has 0 saturated carbocycles. The molecule has 1 heterocycles. The van der Waals surface area contributed by atoms with Crippen molar-refractivity contribution in [2.75, 3.05) is 30.3 Å². The average Bonchev–Trinajstić information content (AvgIpc) is 2.35. The van der Waals surface area contributed by atoms with Crippen LogP contribution in [-0.2, 0) is 0 Å². The highest BCUT2D eigenvalue weighted by molar-refractivity contribution is 5.45. The Hall–Kier alpha value is -1.29. The molecule has 0 amide bonds. The lowest BCUT2D eigenvalue weighted by atomic mass is 9.88. The monoisotopic (exact) mass is 251 g/mol. The van der Waals surface area contributed by atoms with Crippen LogP contribution < -0.4 is 10.6 Å². The van der Waals surface area contributed by atoms with Gasteiger partial charge in [-0.2, -0.15) is 0 Å². The Morgan fingerprint density at radius 3 is 2.50 bits per heavy atom. The highest BCUT2D eigenvalue weighted by atomic mass is 16.2. The first-order chi connectivity index (χ1) is 8.57.